The second kappa shape index (κ2) is 8.20. The number of nitrogens with two attached hydrogens (primary N) is 1. The fourth-order valence-corrected chi connectivity index (χ4v) is 2.79. The molecule has 1 saturated carbocycles. The molecule has 0 unspecified atom stereocenters. The standard InChI is InChI=1S/C16H27N3O2/c1-2-10-19-11-3-4-15(19)16(20)18-9-12-21-14-7-5-13(17)6-8-14/h3-4,11,13-14H,2,5-10,12,17H2,1H3,(H,18,20). The highest BCUT2D eigenvalue weighted by atomic mass is 16.5. The maximum atomic E-state index is 12.1. The summed E-state index contributed by atoms with van der Waals surface area (Å²) < 4.78 is 7.78. The quantitative estimate of drug-likeness (QED) is 0.755. The minimum Gasteiger partial charge on any atom is -0.376 e. The third-order valence-electron chi connectivity index (χ3n) is 3.99. The molecular formula is C16H27N3O2. The Morgan fingerprint density at radius 3 is 2.90 bits per heavy atom. The molecular weight excluding hydrogens is 266 g/mol. The van der Waals surface area contributed by atoms with Crippen LogP contribution in [0.25, 0.3) is 0 Å². The van der Waals surface area contributed by atoms with E-state index in [1.54, 1.807) is 0 Å². The third-order valence-corrected chi connectivity index (χ3v) is 3.99. The van der Waals surface area contributed by atoms with Crippen LogP contribution in [-0.2, 0) is 11.3 Å². The predicted octanol–water partition coefficient (Wildman–Crippen LogP) is 1.91. The largest absolute Gasteiger partial charge is 0.376 e. The SMILES string of the molecule is CCCn1cccc1C(=O)NCCOC1CCC(N)CC1. The molecule has 0 radical (unpaired) electrons. The molecule has 1 heterocycles. The van der Waals surface area contributed by atoms with E-state index in [0.717, 1.165) is 44.3 Å². The van der Waals surface area contributed by atoms with E-state index in [4.69, 9.17) is 10.5 Å². The first-order valence-corrected chi connectivity index (χ1v) is 8.01. The first-order chi connectivity index (χ1) is 10.2. The van der Waals surface area contributed by atoms with E-state index in [0.29, 0.717) is 25.3 Å². The van der Waals surface area contributed by atoms with E-state index in [1.165, 1.54) is 0 Å². The van der Waals surface area contributed by atoms with Gasteiger partial charge >= 0.3 is 0 Å². The molecule has 0 spiro atoms. The molecule has 1 aliphatic rings. The monoisotopic (exact) mass is 293 g/mol. The molecule has 0 aliphatic heterocycles. The molecule has 2 rings (SSSR count). The Hall–Kier alpha value is -1.33. The number of aromatic nitrogens is 1. The van der Waals surface area contributed by atoms with Gasteiger partial charge in [0.2, 0.25) is 0 Å². The summed E-state index contributed by atoms with van der Waals surface area (Å²) in [6, 6.07) is 4.11. The maximum Gasteiger partial charge on any atom is 0.267 e. The van der Waals surface area contributed by atoms with Gasteiger partial charge in [-0.3, -0.25) is 4.79 Å². The van der Waals surface area contributed by atoms with Crippen molar-refractivity contribution >= 4 is 5.91 Å². The van der Waals surface area contributed by atoms with Gasteiger partial charge in [-0.15, -0.1) is 0 Å². The van der Waals surface area contributed by atoms with Crippen molar-refractivity contribution in [2.24, 2.45) is 5.73 Å². The van der Waals surface area contributed by atoms with Crippen molar-refractivity contribution in [3.05, 3.63) is 24.0 Å². The van der Waals surface area contributed by atoms with Gasteiger partial charge in [-0.2, -0.15) is 0 Å². The molecule has 0 bridgehead atoms. The van der Waals surface area contributed by atoms with Crippen molar-refractivity contribution in [3.63, 3.8) is 0 Å². The minimum atomic E-state index is -0.0253. The number of nitrogens with one attached hydrogen (secondary N) is 1. The van der Waals surface area contributed by atoms with Gasteiger partial charge in [-0.1, -0.05) is 6.92 Å². The van der Waals surface area contributed by atoms with Crippen LogP contribution in [0.2, 0.25) is 0 Å². The highest BCUT2D eigenvalue weighted by Gasteiger charge is 2.18. The molecule has 1 aromatic heterocycles. The smallest absolute Gasteiger partial charge is 0.267 e. The van der Waals surface area contributed by atoms with Crippen LogP contribution in [0.5, 0.6) is 0 Å². The van der Waals surface area contributed by atoms with Crippen LogP contribution in [0.15, 0.2) is 18.3 Å². The Bertz CT molecular complexity index is 436. The van der Waals surface area contributed by atoms with Crippen LogP contribution < -0.4 is 11.1 Å². The fraction of sp³-hybridized carbons (Fsp3) is 0.688. The fourth-order valence-electron chi connectivity index (χ4n) is 2.79. The topological polar surface area (TPSA) is 69.3 Å². The normalized spacial score (nSPS) is 22.2. The van der Waals surface area contributed by atoms with E-state index in [1.807, 2.05) is 22.9 Å². The Morgan fingerprint density at radius 2 is 2.19 bits per heavy atom. The van der Waals surface area contributed by atoms with E-state index in [-0.39, 0.29) is 5.91 Å². The van der Waals surface area contributed by atoms with Gasteiger partial charge in [0.25, 0.3) is 5.91 Å². The molecule has 5 heteroatoms. The lowest BCUT2D eigenvalue weighted by Crippen LogP contribution is -2.33. The number of ether oxygens (including phenoxy) is 1. The van der Waals surface area contributed by atoms with Crippen LogP contribution >= 0.6 is 0 Å². The van der Waals surface area contributed by atoms with Crippen LogP contribution in [0.3, 0.4) is 0 Å². The maximum absolute atomic E-state index is 12.1. The lowest BCUT2D eigenvalue weighted by atomic mass is 9.94. The van der Waals surface area contributed by atoms with E-state index >= 15 is 0 Å². The first kappa shape index (κ1) is 16.0. The lowest BCUT2D eigenvalue weighted by molar-refractivity contribution is 0.0267. The van der Waals surface area contributed by atoms with E-state index in [2.05, 4.69) is 12.2 Å². The van der Waals surface area contributed by atoms with Crippen molar-refractivity contribution in [2.45, 2.75) is 57.7 Å². The van der Waals surface area contributed by atoms with Crippen molar-refractivity contribution in [1.29, 1.82) is 0 Å². The van der Waals surface area contributed by atoms with Crippen LogP contribution in [0.1, 0.15) is 49.5 Å². The number of amides is 1. The Kier molecular flexibility index (Phi) is 6.26. The van der Waals surface area contributed by atoms with Gasteiger partial charge < -0.3 is 20.4 Å². The molecule has 1 aromatic rings. The Balaban J connectivity index is 1.66. The summed E-state index contributed by atoms with van der Waals surface area (Å²) in [5.41, 5.74) is 6.59. The molecule has 0 saturated heterocycles. The van der Waals surface area contributed by atoms with Crippen LogP contribution in [-0.4, -0.2) is 35.8 Å². The number of aryl methyl sites for hydroxylation is 1. The van der Waals surface area contributed by atoms with Gasteiger partial charge in [0.1, 0.15) is 5.69 Å². The highest BCUT2D eigenvalue weighted by molar-refractivity contribution is 5.92. The Labute approximate surface area is 126 Å². The number of carbonyl (C=O) groups excluding carboxylic acids is 1. The van der Waals surface area contributed by atoms with Crippen LogP contribution in [0.4, 0.5) is 0 Å². The summed E-state index contributed by atoms with van der Waals surface area (Å²) in [5, 5.41) is 2.92. The Morgan fingerprint density at radius 1 is 1.43 bits per heavy atom. The first-order valence-electron chi connectivity index (χ1n) is 8.01. The summed E-state index contributed by atoms with van der Waals surface area (Å²) in [4.78, 5) is 12.1. The minimum absolute atomic E-state index is 0.0253. The van der Waals surface area contributed by atoms with Crippen LogP contribution in [0, 0.1) is 0 Å². The summed E-state index contributed by atoms with van der Waals surface area (Å²) in [7, 11) is 0. The predicted molar refractivity (Wildman–Crippen MR) is 83.2 cm³/mol. The highest BCUT2D eigenvalue weighted by Crippen LogP contribution is 2.19. The number of hydrogen-bond acceptors (Lipinski definition) is 3. The summed E-state index contributed by atoms with van der Waals surface area (Å²) in [5.74, 6) is -0.0253. The summed E-state index contributed by atoms with van der Waals surface area (Å²) in [6.45, 7) is 4.10. The van der Waals surface area contributed by atoms with Gasteiger partial charge in [-0.05, 0) is 44.2 Å². The molecule has 1 amide bonds. The molecule has 118 valence electrons. The van der Waals surface area contributed by atoms with Crippen molar-refractivity contribution in [3.8, 4) is 0 Å². The number of carbonyl (C=O) groups is 1. The van der Waals surface area contributed by atoms with Gasteiger partial charge in [-0.25, -0.2) is 0 Å². The average molecular weight is 293 g/mol. The number of nitrogens with zero attached hydrogens (tertiary/aromatic N) is 1. The third kappa shape index (κ3) is 4.86. The van der Waals surface area contributed by atoms with Crippen molar-refractivity contribution in [2.75, 3.05) is 13.2 Å². The van der Waals surface area contributed by atoms with Crippen molar-refractivity contribution < 1.29 is 9.53 Å². The molecule has 21 heavy (non-hydrogen) atoms. The molecule has 5 nitrogen and oxygen atoms in total. The van der Waals surface area contributed by atoms with Gasteiger partial charge in [0, 0.05) is 25.3 Å². The average Bonchev–Trinajstić information content (AvgIpc) is 2.94. The van der Waals surface area contributed by atoms with E-state index < -0.39 is 0 Å². The molecule has 1 aliphatic carbocycles. The molecule has 1 fully saturated rings. The van der Waals surface area contributed by atoms with Crippen molar-refractivity contribution in [1.82, 2.24) is 9.88 Å². The van der Waals surface area contributed by atoms with Gasteiger partial charge in [0.05, 0.1) is 12.7 Å². The summed E-state index contributed by atoms with van der Waals surface area (Å²) in [6.07, 6.45) is 7.43. The second-order valence-corrected chi connectivity index (χ2v) is 5.75. The molecule has 3 N–H and O–H groups in total. The molecule has 0 aromatic carbocycles. The zero-order valence-corrected chi connectivity index (χ0v) is 12.9. The zero-order valence-electron chi connectivity index (χ0n) is 12.9. The second-order valence-electron chi connectivity index (χ2n) is 5.75. The zero-order chi connectivity index (χ0) is 15.1. The number of rotatable bonds is 7. The van der Waals surface area contributed by atoms with E-state index in [9.17, 15) is 4.79 Å². The summed E-state index contributed by atoms with van der Waals surface area (Å²) >= 11 is 0. The number of hydrogen-bond donors (Lipinski definition) is 2. The van der Waals surface area contributed by atoms with Gasteiger partial charge in [0.15, 0.2) is 0 Å². The lowest BCUT2D eigenvalue weighted by Gasteiger charge is -2.26. The molecule has 0 atom stereocenters.